The van der Waals surface area contributed by atoms with Crippen molar-refractivity contribution >= 4 is 11.8 Å². The van der Waals surface area contributed by atoms with Crippen molar-refractivity contribution in [1.29, 1.82) is 0 Å². The van der Waals surface area contributed by atoms with Crippen molar-refractivity contribution in [2.75, 3.05) is 47.1 Å². The number of hydrogen-bond donors (Lipinski definition) is 1. The first-order chi connectivity index (χ1) is 15.1. The average Bonchev–Trinajstić information content (AvgIpc) is 3.49. The molecule has 0 bridgehead atoms. The first-order valence-electron chi connectivity index (χ1n) is 10.4. The molecule has 0 saturated carbocycles. The summed E-state index contributed by atoms with van der Waals surface area (Å²) in [6, 6.07) is 8.91. The van der Waals surface area contributed by atoms with Gasteiger partial charge in [0.1, 0.15) is 5.75 Å². The summed E-state index contributed by atoms with van der Waals surface area (Å²) in [5.41, 5.74) is 0.985. The molecule has 9 nitrogen and oxygen atoms in total. The van der Waals surface area contributed by atoms with Crippen LogP contribution in [0.3, 0.4) is 0 Å². The Labute approximate surface area is 181 Å². The number of benzene rings is 1. The van der Waals surface area contributed by atoms with E-state index in [2.05, 4.69) is 10.5 Å². The largest absolute Gasteiger partial charge is 0.497 e. The Balaban J connectivity index is 1.66. The third-order valence-corrected chi connectivity index (χ3v) is 5.08. The Morgan fingerprint density at radius 1 is 1.26 bits per heavy atom. The van der Waals surface area contributed by atoms with Crippen molar-refractivity contribution in [1.82, 2.24) is 15.4 Å². The third kappa shape index (κ3) is 6.53. The molecule has 2 amide bonds. The van der Waals surface area contributed by atoms with Crippen LogP contribution in [0, 0.1) is 0 Å². The Morgan fingerprint density at radius 2 is 2.06 bits per heavy atom. The summed E-state index contributed by atoms with van der Waals surface area (Å²) < 4.78 is 21.2. The number of carbonyl (C=O) groups is 2. The summed E-state index contributed by atoms with van der Waals surface area (Å²) in [4.78, 5) is 26.8. The molecule has 31 heavy (non-hydrogen) atoms. The van der Waals surface area contributed by atoms with Crippen molar-refractivity contribution in [3.05, 3.63) is 36.0 Å². The highest BCUT2D eigenvalue weighted by Gasteiger charge is 2.26. The van der Waals surface area contributed by atoms with Gasteiger partial charge in [-0.15, -0.1) is 0 Å². The Hall–Kier alpha value is -2.91. The van der Waals surface area contributed by atoms with Crippen LogP contribution in [0.2, 0.25) is 0 Å². The van der Waals surface area contributed by atoms with Gasteiger partial charge in [0.15, 0.2) is 11.5 Å². The van der Waals surface area contributed by atoms with Gasteiger partial charge in [0.05, 0.1) is 19.8 Å². The van der Waals surface area contributed by atoms with Gasteiger partial charge in [0.2, 0.25) is 5.91 Å². The maximum atomic E-state index is 13.1. The van der Waals surface area contributed by atoms with Crippen molar-refractivity contribution in [2.24, 2.45) is 0 Å². The topological polar surface area (TPSA) is 103 Å². The standard InChI is InChI=1S/C22H29N3O6/c1-28-13-10-23-21(26)9-11-25(15-18-4-3-12-30-18)22(27)19-14-20(31-24-19)16-5-7-17(29-2)8-6-16/h5-8,14,18H,3-4,9-13,15H2,1-2H3,(H,23,26)/t18-/m1/s1. The number of nitrogens with one attached hydrogen (secondary N) is 1. The lowest BCUT2D eigenvalue weighted by atomic mass is 10.1. The lowest BCUT2D eigenvalue weighted by molar-refractivity contribution is -0.121. The minimum atomic E-state index is -0.288. The molecule has 0 aliphatic carbocycles. The lowest BCUT2D eigenvalue weighted by Gasteiger charge is -2.24. The van der Waals surface area contributed by atoms with Crippen LogP contribution in [-0.2, 0) is 14.3 Å². The average molecular weight is 431 g/mol. The minimum absolute atomic E-state index is 0.0338. The zero-order chi connectivity index (χ0) is 22.1. The summed E-state index contributed by atoms with van der Waals surface area (Å²) >= 11 is 0. The Kier molecular flexibility index (Phi) is 8.43. The molecule has 2 aromatic rings. The van der Waals surface area contributed by atoms with Crippen LogP contribution in [0.5, 0.6) is 5.75 Å². The molecule has 1 fully saturated rings. The number of rotatable bonds is 11. The summed E-state index contributed by atoms with van der Waals surface area (Å²) in [6.07, 6.45) is 2.01. The maximum absolute atomic E-state index is 13.1. The highest BCUT2D eigenvalue weighted by molar-refractivity contribution is 5.93. The Morgan fingerprint density at radius 3 is 2.74 bits per heavy atom. The van der Waals surface area contributed by atoms with E-state index in [0.717, 1.165) is 24.2 Å². The smallest absolute Gasteiger partial charge is 0.276 e. The van der Waals surface area contributed by atoms with Gasteiger partial charge in [-0.1, -0.05) is 5.16 Å². The Bertz CT molecular complexity index is 845. The molecule has 1 aliphatic heterocycles. The number of methoxy groups -OCH3 is 2. The molecule has 3 rings (SSSR count). The van der Waals surface area contributed by atoms with Crippen LogP contribution in [0.25, 0.3) is 11.3 Å². The van der Waals surface area contributed by atoms with Crippen LogP contribution in [0.4, 0.5) is 0 Å². The monoisotopic (exact) mass is 431 g/mol. The van der Waals surface area contributed by atoms with E-state index in [-0.39, 0.29) is 36.6 Å². The van der Waals surface area contributed by atoms with E-state index in [0.29, 0.717) is 32.1 Å². The lowest BCUT2D eigenvalue weighted by Crippen LogP contribution is -2.40. The first kappa shape index (κ1) is 22.8. The number of aromatic nitrogens is 1. The number of amides is 2. The summed E-state index contributed by atoms with van der Waals surface area (Å²) in [6.45, 7) is 2.24. The minimum Gasteiger partial charge on any atom is -0.497 e. The van der Waals surface area contributed by atoms with E-state index in [1.165, 1.54) is 0 Å². The van der Waals surface area contributed by atoms with Crippen LogP contribution in [0.1, 0.15) is 29.8 Å². The molecular weight excluding hydrogens is 402 g/mol. The van der Waals surface area contributed by atoms with Crippen molar-refractivity contribution in [3.63, 3.8) is 0 Å². The molecule has 2 heterocycles. The van der Waals surface area contributed by atoms with Crippen LogP contribution >= 0.6 is 0 Å². The van der Waals surface area contributed by atoms with E-state index in [1.54, 1.807) is 25.2 Å². The summed E-state index contributed by atoms with van der Waals surface area (Å²) in [7, 11) is 3.17. The van der Waals surface area contributed by atoms with Crippen molar-refractivity contribution in [3.8, 4) is 17.1 Å². The number of nitrogens with zero attached hydrogens (tertiary/aromatic N) is 2. The second kappa shape index (κ2) is 11.5. The molecule has 0 unspecified atom stereocenters. The van der Waals surface area contributed by atoms with E-state index in [9.17, 15) is 9.59 Å². The van der Waals surface area contributed by atoms with Gasteiger partial charge in [0.25, 0.3) is 5.91 Å². The molecule has 9 heteroatoms. The number of hydrogen-bond acceptors (Lipinski definition) is 7. The quantitative estimate of drug-likeness (QED) is 0.544. The fourth-order valence-corrected chi connectivity index (χ4v) is 3.36. The van der Waals surface area contributed by atoms with E-state index >= 15 is 0 Å². The fraction of sp³-hybridized carbons (Fsp3) is 0.500. The second-order valence-corrected chi connectivity index (χ2v) is 7.28. The summed E-state index contributed by atoms with van der Waals surface area (Å²) in [5, 5.41) is 6.73. The van der Waals surface area contributed by atoms with Gasteiger partial charge in [-0.2, -0.15) is 0 Å². The maximum Gasteiger partial charge on any atom is 0.276 e. The van der Waals surface area contributed by atoms with Crippen molar-refractivity contribution in [2.45, 2.75) is 25.4 Å². The second-order valence-electron chi connectivity index (χ2n) is 7.28. The zero-order valence-corrected chi connectivity index (χ0v) is 18.0. The van der Waals surface area contributed by atoms with Gasteiger partial charge in [-0.05, 0) is 37.1 Å². The number of ether oxygens (including phenoxy) is 3. The molecule has 1 N–H and O–H groups in total. The first-order valence-corrected chi connectivity index (χ1v) is 10.4. The molecule has 1 aromatic carbocycles. The number of carbonyl (C=O) groups excluding carboxylic acids is 2. The predicted octanol–water partition coefficient (Wildman–Crippen LogP) is 2.12. The predicted molar refractivity (Wildman–Crippen MR) is 113 cm³/mol. The molecule has 0 spiro atoms. The van der Waals surface area contributed by atoms with Gasteiger partial charge in [0, 0.05) is 51.4 Å². The van der Waals surface area contributed by atoms with Gasteiger partial charge >= 0.3 is 0 Å². The van der Waals surface area contributed by atoms with Gasteiger partial charge in [-0.3, -0.25) is 9.59 Å². The van der Waals surface area contributed by atoms with Crippen LogP contribution in [0.15, 0.2) is 34.9 Å². The zero-order valence-electron chi connectivity index (χ0n) is 18.0. The molecule has 1 saturated heterocycles. The van der Waals surface area contributed by atoms with Gasteiger partial charge < -0.3 is 29.0 Å². The SMILES string of the molecule is COCCNC(=O)CCN(C[C@H]1CCCO1)C(=O)c1cc(-c2ccc(OC)cc2)on1. The molecule has 0 radical (unpaired) electrons. The van der Waals surface area contributed by atoms with E-state index in [1.807, 2.05) is 24.3 Å². The highest BCUT2D eigenvalue weighted by Crippen LogP contribution is 2.24. The molecule has 1 aliphatic rings. The van der Waals surface area contributed by atoms with Gasteiger partial charge in [-0.25, -0.2) is 0 Å². The fourth-order valence-electron chi connectivity index (χ4n) is 3.36. The molecule has 1 aromatic heterocycles. The molecule has 168 valence electrons. The third-order valence-electron chi connectivity index (χ3n) is 5.08. The molecular formula is C22H29N3O6. The van der Waals surface area contributed by atoms with Crippen LogP contribution in [-0.4, -0.2) is 75.0 Å². The van der Waals surface area contributed by atoms with E-state index in [4.69, 9.17) is 18.7 Å². The highest BCUT2D eigenvalue weighted by atomic mass is 16.5. The summed E-state index contributed by atoms with van der Waals surface area (Å²) in [5.74, 6) is 0.788. The molecule has 1 atom stereocenters. The normalized spacial score (nSPS) is 15.6. The van der Waals surface area contributed by atoms with E-state index < -0.39 is 0 Å². The van der Waals surface area contributed by atoms with Crippen LogP contribution < -0.4 is 10.1 Å². The van der Waals surface area contributed by atoms with Crippen molar-refractivity contribution < 1.29 is 28.3 Å².